The molecular formula is C82H151NO18. The summed E-state index contributed by atoms with van der Waals surface area (Å²) in [5, 5.41) is 121. The molecule has 0 bridgehead atoms. The quantitative estimate of drug-likeness (QED) is 0.0199. The molecule has 0 spiro atoms. The summed E-state index contributed by atoms with van der Waals surface area (Å²) >= 11 is 0. The van der Waals surface area contributed by atoms with Gasteiger partial charge in [-0.3, -0.25) is 4.79 Å². The fourth-order valence-electron chi connectivity index (χ4n) is 14.0. The highest BCUT2D eigenvalue weighted by Crippen LogP contribution is 2.33. The maximum atomic E-state index is 13.5. The molecule has 3 aliphatic rings. The monoisotopic (exact) mass is 1440 g/mol. The van der Waals surface area contributed by atoms with Crippen LogP contribution >= 0.6 is 0 Å². The van der Waals surface area contributed by atoms with E-state index in [2.05, 4.69) is 55.6 Å². The van der Waals surface area contributed by atoms with E-state index in [0.717, 1.165) is 57.8 Å². The highest BCUT2D eigenvalue weighted by molar-refractivity contribution is 5.76. The Morgan fingerprint density at radius 2 is 0.653 bits per heavy atom. The van der Waals surface area contributed by atoms with Gasteiger partial charge in [0.15, 0.2) is 18.9 Å². The Morgan fingerprint density at radius 1 is 0.356 bits per heavy atom. The zero-order chi connectivity index (χ0) is 73.2. The van der Waals surface area contributed by atoms with Gasteiger partial charge in [-0.05, 0) is 57.8 Å². The molecule has 3 saturated heterocycles. The molecule has 0 aromatic heterocycles. The van der Waals surface area contributed by atoms with Crippen molar-refractivity contribution in [1.29, 1.82) is 0 Å². The van der Waals surface area contributed by atoms with Gasteiger partial charge in [0.25, 0.3) is 0 Å². The number of hydrogen-bond donors (Lipinski definition) is 12. The molecule has 17 unspecified atom stereocenters. The van der Waals surface area contributed by atoms with Crippen molar-refractivity contribution in [2.45, 2.75) is 439 Å². The van der Waals surface area contributed by atoms with Gasteiger partial charge in [0, 0.05) is 6.42 Å². The van der Waals surface area contributed by atoms with Crippen LogP contribution in [0.1, 0.15) is 335 Å². The summed E-state index contributed by atoms with van der Waals surface area (Å²) in [5.74, 6) is -0.270. The smallest absolute Gasteiger partial charge is 0.220 e. The van der Waals surface area contributed by atoms with Crippen molar-refractivity contribution in [1.82, 2.24) is 5.32 Å². The van der Waals surface area contributed by atoms with Crippen LogP contribution in [-0.4, -0.2) is 193 Å². The van der Waals surface area contributed by atoms with Crippen LogP contribution in [0, 0.1) is 0 Å². The van der Waals surface area contributed by atoms with Crippen LogP contribution in [0.3, 0.4) is 0 Å². The lowest BCUT2D eigenvalue weighted by molar-refractivity contribution is -0.379. The molecule has 3 fully saturated rings. The molecule has 3 aliphatic heterocycles. The van der Waals surface area contributed by atoms with Gasteiger partial charge >= 0.3 is 0 Å². The van der Waals surface area contributed by atoms with Crippen molar-refractivity contribution in [3.63, 3.8) is 0 Å². The average molecular weight is 1440 g/mol. The third-order valence-electron chi connectivity index (χ3n) is 20.6. The third kappa shape index (κ3) is 42.8. The molecule has 592 valence electrons. The fourth-order valence-corrected chi connectivity index (χ4v) is 14.0. The molecule has 19 nitrogen and oxygen atoms in total. The van der Waals surface area contributed by atoms with E-state index in [1.807, 2.05) is 6.08 Å². The minimum Gasteiger partial charge on any atom is -0.394 e. The lowest BCUT2D eigenvalue weighted by Gasteiger charge is -2.48. The molecule has 1 amide bonds. The molecule has 0 radical (unpaired) electrons. The minimum absolute atomic E-state index is 0.246. The van der Waals surface area contributed by atoms with Crippen molar-refractivity contribution in [3.8, 4) is 0 Å². The maximum absolute atomic E-state index is 13.5. The summed E-state index contributed by atoms with van der Waals surface area (Å²) in [4.78, 5) is 13.5. The normalized spacial score (nSPS) is 26.5. The van der Waals surface area contributed by atoms with E-state index in [1.165, 1.54) is 250 Å². The highest BCUT2D eigenvalue weighted by atomic mass is 16.8. The molecule has 12 N–H and O–H groups in total. The summed E-state index contributed by atoms with van der Waals surface area (Å²) in [5.41, 5.74) is 0. The summed E-state index contributed by atoms with van der Waals surface area (Å²) < 4.78 is 34.5. The minimum atomic E-state index is -1.98. The van der Waals surface area contributed by atoms with Gasteiger partial charge in [0.05, 0.1) is 38.6 Å². The first kappa shape index (κ1) is 93.0. The lowest BCUT2D eigenvalue weighted by atomic mass is 9.96. The SMILES string of the molecule is CCCCCCC/C=C\C/C=C\C/C=C\CCCCCCCCCCCCCCCCCCCCCCCCC(=O)NC(COC1OC(CO)C(OC2OC(CO)C(OC3OC(CO)C(O)C(O)C3O)C(O)C2O)C(O)C1O)C(O)/C=C/CCCCCCCCCCCCCCCCCCC. The predicted octanol–water partition coefficient (Wildman–Crippen LogP) is 14.1. The first-order valence-electron chi connectivity index (χ1n) is 41.4. The number of allylic oxidation sites excluding steroid dienone is 7. The number of ether oxygens (including phenoxy) is 6. The van der Waals surface area contributed by atoms with Crippen molar-refractivity contribution in [2.24, 2.45) is 0 Å². The van der Waals surface area contributed by atoms with Gasteiger partial charge in [-0.2, -0.15) is 0 Å². The number of aliphatic hydroxyl groups excluding tert-OH is 11. The first-order valence-corrected chi connectivity index (χ1v) is 41.4. The zero-order valence-corrected chi connectivity index (χ0v) is 63.4. The number of amides is 1. The molecule has 3 heterocycles. The van der Waals surface area contributed by atoms with Gasteiger partial charge in [0.1, 0.15) is 73.2 Å². The summed E-state index contributed by atoms with van der Waals surface area (Å²) in [7, 11) is 0. The first-order chi connectivity index (χ1) is 49.3. The van der Waals surface area contributed by atoms with Gasteiger partial charge < -0.3 is 89.9 Å². The number of rotatable bonds is 66. The Kier molecular flexibility index (Phi) is 57.8. The lowest BCUT2D eigenvalue weighted by Crippen LogP contribution is -2.66. The van der Waals surface area contributed by atoms with Gasteiger partial charge in [-0.15, -0.1) is 0 Å². The van der Waals surface area contributed by atoms with Crippen LogP contribution in [0.15, 0.2) is 48.6 Å². The molecule has 3 rings (SSSR count). The molecular weight excluding hydrogens is 1290 g/mol. The molecule has 0 saturated carbocycles. The van der Waals surface area contributed by atoms with E-state index in [-0.39, 0.29) is 18.9 Å². The predicted molar refractivity (Wildman–Crippen MR) is 402 cm³/mol. The van der Waals surface area contributed by atoms with Crippen LogP contribution in [0.4, 0.5) is 0 Å². The van der Waals surface area contributed by atoms with Crippen LogP contribution in [0.2, 0.25) is 0 Å². The van der Waals surface area contributed by atoms with Crippen LogP contribution in [-0.2, 0) is 33.2 Å². The highest BCUT2D eigenvalue weighted by Gasteiger charge is 2.54. The second kappa shape index (κ2) is 62.8. The van der Waals surface area contributed by atoms with E-state index in [0.29, 0.717) is 6.42 Å². The summed E-state index contributed by atoms with van der Waals surface area (Å²) in [6.07, 6.45) is 52.5. The Morgan fingerprint density at radius 3 is 1.02 bits per heavy atom. The molecule has 0 aliphatic carbocycles. The summed E-state index contributed by atoms with van der Waals surface area (Å²) in [6.45, 7) is 1.77. The maximum Gasteiger partial charge on any atom is 0.220 e. The average Bonchev–Trinajstić information content (AvgIpc) is 0.789. The van der Waals surface area contributed by atoms with Crippen LogP contribution < -0.4 is 5.32 Å². The van der Waals surface area contributed by atoms with Crippen LogP contribution in [0.5, 0.6) is 0 Å². The van der Waals surface area contributed by atoms with Crippen molar-refractivity contribution in [3.05, 3.63) is 48.6 Å². The number of carbonyl (C=O) groups excluding carboxylic acids is 1. The number of carbonyl (C=O) groups is 1. The molecule has 101 heavy (non-hydrogen) atoms. The van der Waals surface area contributed by atoms with Crippen LogP contribution in [0.25, 0.3) is 0 Å². The van der Waals surface area contributed by atoms with Crippen molar-refractivity contribution >= 4 is 5.91 Å². The standard InChI is InChI=1S/C82H151NO18/c1-3-5-7-9-11-13-15-17-19-21-23-24-25-26-27-28-29-30-31-32-33-34-35-36-37-38-39-40-42-44-46-48-50-52-54-56-58-60-70(88)83-65(66(87)59-57-55-53-51-49-47-45-43-41-22-20-18-16-14-12-10-8-6-4-2)64-96-80-76(94)73(91)78(68(62-85)98-80)101-82-77(95)74(92)79(69(63-86)99-82)100-81-75(93)72(90)71(89)67(61-84)97-81/h15,17,21,23,25-26,57,59,65-69,71-82,84-87,89-95H,3-14,16,18-20,22,24,27-56,58,60-64H2,1-2H3,(H,83,88)/b17-15-,23-21-,26-25-,59-57+. The topological polar surface area (TPSA) is 307 Å². The molecule has 0 aromatic carbocycles. The van der Waals surface area contributed by atoms with E-state index >= 15 is 0 Å². The van der Waals surface area contributed by atoms with Gasteiger partial charge in [-0.1, -0.05) is 319 Å². The molecule has 17 atom stereocenters. The number of nitrogens with one attached hydrogen (secondary N) is 1. The summed E-state index contributed by atoms with van der Waals surface area (Å²) in [6, 6.07) is -0.973. The zero-order valence-electron chi connectivity index (χ0n) is 63.4. The van der Waals surface area contributed by atoms with Gasteiger partial charge in [-0.25, -0.2) is 0 Å². The van der Waals surface area contributed by atoms with E-state index in [9.17, 15) is 61.0 Å². The molecule has 19 heteroatoms. The fraction of sp³-hybridized carbons (Fsp3) is 0.890. The van der Waals surface area contributed by atoms with Crippen molar-refractivity contribution < 1.29 is 89.4 Å². The second-order valence-electron chi connectivity index (χ2n) is 29.6. The number of aliphatic hydroxyl groups is 11. The van der Waals surface area contributed by atoms with E-state index in [1.54, 1.807) is 6.08 Å². The number of hydrogen-bond acceptors (Lipinski definition) is 18. The van der Waals surface area contributed by atoms with Gasteiger partial charge in [0.2, 0.25) is 5.91 Å². The Labute approximate surface area is 612 Å². The largest absolute Gasteiger partial charge is 0.394 e. The second-order valence-corrected chi connectivity index (χ2v) is 29.6. The Hall–Kier alpha value is -2.25. The molecule has 0 aromatic rings. The third-order valence-corrected chi connectivity index (χ3v) is 20.6. The van der Waals surface area contributed by atoms with E-state index in [4.69, 9.17) is 28.4 Å². The number of unbranched alkanes of at least 4 members (excludes halogenated alkanes) is 44. The van der Waals surface area contributed by atoms with E-state index < -0.39 is 124 Å². The van der Waals surface area contributed by atoms with Crippen molar-refractivity contribution in [2.75, 3.05) is 26.4 Å². The Balaban J connectivity index is 1.32. The Bertz CT molecular complexity index is 2010.